The number of sulfonamides is 1. The molecule has 24 heavy (non-hydrogen) atoms. The average Bonchev–Trinajstić information content (AvgIpc) is 3.04. The van der Waals surface area contributed by atoms with E-state index in [9.17, 15) is 13.2 Å². The van der Waals surface area contributed by atoms with E-state index in [1.54, 1.807) is 18.5 Å². The van der Waals surface area contributed by atoms with Crippen LogP contribution in [0.2, 0.25) is 0 Å². The van der Waals surface area contributed by atoms with E-state index in [4.69, 9.17) is 4.74 Å². The van der Waals surface area contributed by atoms with Crippen molar-refractivity contribution in [1.29, 1.82) is 0 Å². The molecule has 7 heteroatoms. The zero-order valence-corrected chi connectivity index (χ0v) is 14.9. The lowest BCUT2D eigenvalue weighted by molar-refractivity contribution is 0.0589. The van der Waals surface area contributed by atoms with Crippen molar-refractivity contribution in [1.82, 2.24) is 4.57 Å². The number of esters is 1. The molecule has 2 aromatic rings. The van der Waals surface area contributed by atoms with Crippen LogP contribution in [0.4, 0.5) is 5.69 Å². The van der Waals surface area contributed by atoms with Gasteiger partial charge >= 0.3 is 5.97 Å². The lowest BCUT2D eigenvalue weighted by atomic mass is 10.1. The summed E-state index contributed by atoms with van der Waals surface area (Å²) < 4.78 is 34.3. The van der Waals surface area contributed by atoms with Crippen LogP contribution >= 0.6 is 0 Å². The van der Waals surface area contributed by atoms with Gasteiger partial charge in [-0.15, -0.1) is 0 Å². The zero-order chi connectivity index (χ0) is 17.6. The molecule has 128 valence electrons. The van der Waals surface area contributed by atoms with Crippen LogP contribution in [0.1, 0.15) is 28.7 Å². The fourth-order valence-electron chi connectivity index (χ4n) is 3.24. The lowest BCUT2D eigenvalue weighted by Crippen LogP contribution is -2.35. The molecule has 2 heterocycles. The molecular weight excluding hydrogens is 328 g/mol. The number of aromatic nitrogens is 1. The summed E-state index contributed by atoms with van der Waals surface area (Å²) in [6.45, 7) is 3.57. The summed E-state index contributed by atoms with van der Waals surface area (Å²) in [6.07, 6.45) is 0.672. The summed E-state index contributed by atoms with van der Waals surface area (Å²) in [5.74, 6) is -0.558. The second-order valence-corrected chi connectivity index (χ2v) is 7.80. The van der Waals surface area contributed by atoms with Gasteiger partial charge in [0, 0.05) is 18.8 Å². The van der Waals surface area contributed by atoms with Gasteiger partial charge in [-0.05, 0) is 38.0 Å². The molecule has 0 saturated heterocycles. The molecule has 0 bridgehead atoms. The van der Waals surface area contributed by atoms with E-state index in [2.05, 4.69) is 0 Å². The summed E-state index contributed by atoms with van der Waals surface area (Å²) in [4.78, 5) is 12.0. The van der Waals surface area contributed by atoms with Crippen molar-refractivity contribution in [2.24, 2.45) is 7.05 Å². The number of rotatable bonds is 3. The highest BCUT2D eigenvalue weighted by Crippen LogP contribution is 2.37. The van der Waals surface area contributed by atoms with Crippen molar-refractivity contribution >= 4 is 21.7 Å². The number of para-hydroxylation sites is 1. The van der Waals surface area contributed by atoms with Gasteiger partial charge in [-0.25, -0.2) is 13.2 Å². The maximum absolute atomic E-state index is 13.3. The number of nitrogens with zero attached hydrogens (tertiary/aromatic N) is 2. The van der Waals surface area contributed by atoms with Gasteiger partial charge in [0.05, 0.1) is 12.8 Å². The van der Waals surface area contributed by atoms with E-state index in [1.165, 1.54) is 17.5 Å². The van der Waals surface area contributed by atoms with Crippen molar-refractivity contribution in [2.75, 3.05) is 11.4 Å². The Morgan fingerprint density at radius 3 is 2.62 bits per heavy atom. The molecule has 0 amide bonds. The number of ether oxygens (including phenoxy) is 1. The van der Waals surface area contributed by atoms with Gasteiger partial charge in [-0.2, -0.15) is 0 Å². The topological polar surface area (TPSA) is 68.6 Å². The number of benzene rings is 1. The van der Waals surface area contributed by atoms with Crippen LogP contribution in [0.25, 0.3) is 0 Å². The Morgan fingerprint density at radius 2 is 1.96 bits per heavy atom. The molecule has 3 rings (SSSR count). The maximum Gasteiger partial charge on any atom is 0.354 e. The van der Waals surface area contributed by atoms with E-state index >= 15 is 0 Å². The average molecular weight is 348 g/mol. The highest BCUT2D eigenvalue weighted by Gasteiger charge is 2.38. The molecule has 0 radical (unpaired) electrons. The molecular formula is C17H20N2O4S. The monoisotopic (exact) mass is 348 g/mol. The number of anilines is 1. The maximum atomic E-state index is 13.3. The molecule has 0 aliphatic carbocycles. The van der Waals surface area contributed by atoms with Gasteiger partial charge in [-0.3, -0.25) is 4.31 Å². The Hall–Kier alpha value is -2.28. The van der Waals surface area contributed by atoms with E-state index in [1.807, 2.05) is 31.2 Å². The number of carbonyl (C=O) groups is 1. The molecule has 0 N–H and O–H groups in total. The SMILES string of the molecule is COC(=O)c1cc(S(=O)(=O)N2c3ccccc3C[C@H]2C)c(C)n1C. The smallest absolute Gasteiger partial charge is 0.354 e. The molecule has 1 aliphatic rings. The van der Waals surface area contributed by atoms with Gasteiger partial charge in [-0.1, -0.05) is 18.2 Å². The largest absolute Gasteiger partial charge is 0.464 e. The molecule has 1 aliphatic heterocycles. The number of methoxy groups -OCH3 is 1. The lowest BCUT2D eigenvalue weighted by Gasteiger charge is -2.24. The van der Waals surface area contributed by atoms with E-state index < -0.39 is 16.0 Å². The molecule has 1 atom stereocenters. The molecule has 1 aromatic heterocycles. The first-order valence-electron chi connectivity index (χ1n) is 7.66. The van der Waals surface area contributed by atoms with Crippen LogP contribution in [0, 0.1) is 6.92 Å². The predicted octanol–water partition coefficient (Wildman–Crippen LogP) is 2.26. The predicted molar refractivity (Wildman–Crippen MR) is 90.8 cm³/mol. The zero-order valence-electron chi connectivity index (χ0n) is 14.1. The Balaban J connectivity index is 2.15. The van der Waals surface area contributed by atoms with E-state index in [-0.39, 0.29) is 16.6 Å². The Bertz CT molecular complexity index is 915. The second kappa shape index (κ2) is 5.66. The van der Waals surface area contributed by atoms with Crippen molar-refractivity contribution in [3.05, 3.63) is 47.3 Å². The minimum atomic E-state index is -3.77. The fourth-order valence-corrected chi connectivity index (χ4v) is 5.21. The summed E-state index contributed by atoms with van der Waals surface area (Å²) in [5.41, 5.74) is 2.43. The van der Waals surface area contributed by atoms with Crippen molar-refractivity contribution in [3.63, 3.8) is 0 Å². The van der Waals surface area contributed by atoms with Gasteiger partial charge < -0.3 is 9.30 Å². The van der Waals surface area contributed by atoms with E-state index in [0.29, 0.717) is 17.8 Å². The molecule has 1 aromatic carbocycles. The molecule has 0 unspecified atom stereocenters. The third kappa shape index (κ3) is 2.31. The Morgan fingerprint density at radius 1 is 1.29 bits per heavy atom. The van der Waals surface area contributed by atoms with Gasteiger partial charge in [0.1, 0.15) is 10.6 Å². The van der Waals surface area contributed by atoms with Crippen molar-refractivity contribution in [2.45, 2.75) is 31.2 Å². The Kier molecular flexibility index (Phi) is 3.91. The molecule has 0 spiro atoms. The normalized spacial score (nSPS) is 17.0. The third-order valence-electron chi connectivity index (χ3n) is 4.56. The van der Waals surface area contributed by atoms with Gasteiger partial charge in [0.15, 0.2) is 0 Å². The number of fused-ring (bicyclic) bond motifs is 1. The van der Waals surface area contributed by atoms with Crippen LogP contribution in [0.5, 0.6) is 0 Å². The number of hydrogen-bond acceptors (Lipinski definition) is 4. The Labute approximate surface area is 141 Å². The minimum Gasteiger partial charge on any atom is -0.464 e. The second-order valence-electron chi connectivity index (χ2n) is 6.01. The van der Waals surface area contributed by atoms with Crippen LogP contribution in [-0.2, 0) is 28.2 Å². The van der Waals surface area contributed by atoms with Gasteiger partial charge in [0.2, 0.25) is 0 Å². The summed E-state index contributed by atoms with van der Waals surface area (Å²) in [7, 11) is -0.840. The summed E-state index contributed by atoms with van der Waals surface area (Å²) >= 11 is 0. The summed E-state index contributed by atoms with van der Waals surface area (Å²) in [6, 6.07) is 8.72. The first kappa shape index (κ1) is 16.6. The van der Waals surface area contributed by atoms with E-state index in [0.717, 1.165) is 5.56 Å². The van der Waals surface area contributed by atoms with Crippen molar-refractivity contribution < 1.29 is 17.9 Å². The van der Waals surface area contributed by atoms with Crippen LogP contribution in [0.3, 0.4) is 0 Å². The first-order chi connectivity index (χ1) is 11.3. The molecule has 6 nitrogen and oxygen atoms in total. The highest BCUT2D eigenvalue weighted by molar-refractivity contribution is 7.93. The van der Waals surface area contributed by atoms with Crippen LogP contribution in [0.15, 0.2) is 35.2 Å². The van der Waals surface area contributed by atoms with Crippen LogP contribution in [-0.4, -0.2) is 32.1 Å². The minimum absolute atomic E-state index is 0.133. The molecule has 0 saturated carbocycles. The fraction of sp³-hybridized carbons (Fsp3) is 0.353. The molecule has 0 fully saturated rings. The van der Waals surface area contributed by atoms with Crippen LogP contribution < -0.4 is 4.31 Å². The highest BCUT2D eigenvalue weighted by atomic mass is 32.2. The third-order valence-corrected chi connectivity index (χ3v) is 6.61. The standard InChI is InChI=1S/C17H20N2O4S/c1-11-9-13-7-5-6-8-14(13)19(11)24(21,22)16-10-15(17(20)23-4)18(3)12(16)2/h5-8,10-11H,9H2,1-4H3/t11-/m1/s1. The summed E-state index contributed by atoms with van der Waals surface area (Å²) in [5, 5.41) is 0. The van der Waals surface area contributed by atoms with Gasteiger partial charge in [0.25, 0.3) is 10.0 Å². The number of hydrogen-bond donors (Lipinski definition) is 0. The quantitative estimate of drug-likeness (QED) is 0.798. The first-order valence-corrected chi connectivity index (χ1v) is 9.10. The van der Waals surface area contributed by atoms with Crippen molar-refractivity contribution in [3.8, 4) is 0 Å². The number of carbonyl (C=O) groups excluding carboxylic acids is 1.